The van der Waals surface area contributed by atoms with Crippen molar-refractivity contribution in [1.29, 1.82) is 0 Å². The maximum atomic E-state index is 11.9. The minimum atomic E-state index is -3.71. The van der Waals surface area contributed by atoms with E-state index in [2.05, 4.69) is 19.7 Å². The predicted molar refractivity (Wildman–Crippen MR) is 60.0 cm³/mol. The van der Waals surface area contributed by atoms with Gasteiger partial charge in [-0.2, -0.15) is 13.4 Å². The van der Waals surface area contributed by atoms with Crippen LogP contribution in [0.25, 0.3) is 0 Å². The molecule has 0 atom stereocenters. The maximum Gasteiger partial charge on any atom is 0.309 e. The van der Waals surface area contributed by atoms with Crippen molar-refractivity contribution < 1.29 is 12.8 Å². The zero-order valence-electron chi connectivity index (χ0n) is 9.39. The van der Waals surface area contributed by atoms with Crippen molar-refractivity contribution in [3.05, 3.63) is 24.0 Å². The van der Waals surface area contributed by atoms with Crippen molar-refractivity contribution in [2.24, 2.45) is 0 Å². The van der Waals surface area contributed by atoms with Gasteiger partial charge in [0.2, 0.25) is 0 Å². The fraction of sp³-hybridized carbons (Fsp3) is 0.333. The van der Waals surface area contributed by atoms with Gasteiger partial charge in [-0.3, -0.25) is 0 Å². The number of nitrogens with one attached hydrogen (secondary N) is 2. The number of aromatic nitrogens is 3. The average molecular weight is 256 g/mol. The number of hydrogen-bond donors (Lipinski definition) is 2. The van der Waals surface area contributed by atoms with Gasteiger partial charge in [-0.1, -0.05) is 6.92 Å². The zero-order valence-corrected chi connectivity index (χ0v) is 10.2. The number of aryl methyl sites for hydroxylation is 2. The summed E-state index contributed by atoms with van der Waals surface area (Å²) < 4.78 is 30.9. The van der Waals surface area contributed by atoms with Crippen LogP contribution in [0, 0.1) is 6.92 Å². The molecule has 2 aromatic rings. The lowest BCUT2D eigenvalue weighted by molar-refractivity contribution is 0.568. The monoisotopic (exact) mass is 256 g/mol. The van der Waals surface area contributed by atoms with Crippen LogP contribution in [-0.2, 0) is 16.4 Å². The van der Waals surface area contributed by atoms with Crippen LogP contribution in [0.5, 0.6) is 0 Å². The molecule has 0 unspecified atom stereocenters. The Balaban J connectivity index is 2.24. The average Bonchev–Trinajstić information content (AvgIpc) is 2.86. The molecule has 0 aliphatic rings. The second-order valence-corrected chi connectivity index (χ2v) is 5.10. The van der Waals surface area contributed by atoms with E-state index in [1.165, 1.54) is 12.5 Å². The van der Waals surface area contributed by atoms with Gasteiger partial charge in [-0.05, 0) is 6.92 Å². The highest BCUT2D eigenvalue weighted by atomic mass is 32.2. The Bertz CT molecular complexity index is 614. The molecule has 2 heterocycles. The fourth-order valence-electron chi connectivity index (χ4n) is 1.23. The summed E-state index contributed by atoms with van der Waals surface area (Å²) in [5.41, 5.74) is 0.599. The lowest BCUT2D eigenvalue weighted by Gasteiger charge is -2.00. The third-order valence-corrected chi connectivity index (χ3v) is 3.30. The van der Waals surface area contributed by atoms with Crippen molar-refractivity contribution in [3.63, 3.8) is 0 Å². The minimum absolute atomic E-state index is 0.00907. The van der Waals surface area contributed by atoms with Crippen LogP contribution in [0.3, 0.4) is 0 Å². The largest absolute Gasteiger partial charge is 0.431 e. The topological polar surface area (TPSA) is 101 Å². The molecule has 8 heteroatoms. The molecule has 0 bridgehead atoms. The molecule has 0 amide bonds. The van der Waals surface area contributed by atoms with Crippen LogP contribution in [-0.4, -0.2) is 23.4 Å². The highest BCUT2D eigenvalue weighted by Gasteiger charge is 2.19. The second kappa shape index (κ2) is 4.21. The number of rotatable bonds is 4. The number of H-pyrrole nitrogens is 1. The Morgan fingerprint density at radius 1 is 1.53 bits per heavy atom. The van der Waals surface area contributed by atoms with Gasteiger partial charge in [0.05, 0.1) is 11.9 Å². The second-order valence-electron chi connectivity index (χ2n) is 3.45. The fourth-order valence-corrected chi connectivity index (χ4v) is 2.11. The first-order chi connectivity index (χ1) is 8.01. The van der Waals surface area contributed by atoms with Gasteiger partial charge < -0.3 is 9.40 Å². The molecule has 0 saturated heterocycles. The van der Waals surface area contributed by atoms with E-state index in [9.17, 15) is 8.42 Å². The Kier molecular flexibility index (Phi) is 2.88. The summed E-state index contributed by atoms with van der Waals surface area (Å²) in [6, 6.07) is -0.0600. The van der Waals surface area contributed by atoms with Gasteiger partial charge in [-0.15, -0.1) is 0 Å². The van der Waals surface area contributed by atoms with Gasteiger partial charge in [0.1, 0.15) is 12.1 Å². The van der Waals surface area contributed by atoms with E-state index in [4.69, 9.17) is 4.42 Å². The number of imidazole rings is 1. The van der Waals surface area contributed by atoms with Crippen LogP contribution in [0.2, 0.25) is 0 Å². The normalized spacial score (nSPS) is 11.6. The van der Waals surface area contributed by atoms with Gasteiger partial charge in [0, 0.05) is 6.42 Å². The molecule has 0 aliphatic carbocycles. The van der Waals surface area contributed by atoms with E-state index in [0.717, 1.165) is 0 Å². The van der Waals surface area contributed by atoms with E-state index in [1.54, 1.807) is 6.92 Å². The van der Waals surface area contributed by atoms with E-state index < -0.39 is 10.0 Å². The van der Waals surface area contributed by atoms with Crippen molar-refractivity contribution in [2.75, 3.05) is 4.72 Å². The molecule has 92 valence electrons. The van der Waals surface area contributed by atoms with Gasteiger partial charge in [0.25, 0.3) is 10.0 Å². The molecule has 2 aromatic heterocycles. The molecule has 0 radical (unpaired) electrons. The van der Waals surface area contributed by atoms with Crippen LogP contribution >= 0.6 is 0 Å². The van der Waals surface area contributed by atoms with Gasteiger partial charge in [-0.25, -0.2) is 9.71 Å². The third kappa shape index (κ3) is 2.47. The number of nitrogens with zero attached hydrogens (tertiary/aromatic N) is 2. The summed E-state index contributed by atoms with van der Waals surface area (Å²) in [7, 11) is -3.71. The van der Waals surface area contributed by atoms with E-state index in [-0.39, 0.29) is 11.0 Å². The van der Waals surface area contributed by atoms with E-state index >= 15 is 0 Å². The molecule has 0 fully saturated rings. The van der Waals surface area contributed by atoms with E-state index in [0.29, 0.717) is 17.9 Å². The van der Waals surface area contributed by atoms with Gasteiger partial charge >= 0.3 is 6.01 Å². The maximum absolute atomic E-state index is 11.9. The van der Waals surface area contributed by atoms with Crippen LogP contribution in [0.15, 0.2) is 21.9 Å². The molecule has 2 rings (SSSR count). The minimum Gasteiger partial charge on any atom is -0.431 e. The smallest absolute Gasteiger partial charge is 0.309 e. The molecule has 2 N–H and O–H groups in total. The standard InChI is InChI=1S/C9H12N4O3S/c1-3-7-10-4-8(12-7)17(14,15)13-9-11-6(2)5-16-9/h4-5H,3H2,1-2H3,(H,10,12)(H,11,13). The molecule has 0 aromatic carbocycles. The van der Waals surface area contributed by atoms with Crippen molar-refractivity contribution >= 4 is 16.0 Å². The molecular weight excluding hydrogens is 244 g/mol. The molecule has 17 heavy (non-hydrogen) atoms. The molecule has 7 nitrogen and oxygen atoms in total. The lowest BCUT2D eigenvalue weighted by Crippen LogP contribution is -2.13. The summed E-state index contributed by atoms with van der Waals surface area (Å²) in [4.78, 5) is 10.5. The Hall–Kier alpha value is -1.83. The first-order valence-corrected chi connectivity index (χ1v) is 6.48. The third-order valence-electron chi connectivity index (χ3n) is 2.07. The van der Waals surface area contributed by atoms with Crippen molar-refractivity contribution in [1.82, 2.24) is 15.0 Å². The molecule has 0 saturated carbocycles. The summed E-state index contributed by atoms with van der Waals surface area (Å²) in [5, 5.41) is -0.00907. The summed E-state index contributed by atoms with van der Waals surface area (Å²) in [6.07, 6.45) is 3.26. The number of oxazole rings is 1. The quantitative estimate of drug-likeness (QED) is 0.852. The van der Waals surface area contributed by atoms with Gasteiger partial charge in [0.15, 0.2) is 5.03 Å². The Morgan fingerprint density at radius 2 is 2.29 bits per heavy atom. The van der Waals surface area contributed by atoms with Crippen LogP contribution in [0.4, 0.5) is 6.01 Å². The SMILES string of the molecule is CCc1ncc(S(=O)(=O)Nc2nc(C)co2)[nH]1. The number of sulfonamides is 1. The van der Waals surface area contributed by atoms with Crippen molar-refractivity contribution in [2.45, 2.75) is 25.3 Å². The first kappa shape index (κ1) is 11.6. The predicted octanol–water partition coefficient (Wildman–Crippen LogP) is 1.07. The molecular formula is C9H12N4O3S. The number of anilines is 1. The summed E-state index contributed by atoms with van der Waals surface area (Å²) in [5.74, 6) is 0.606. The number of aromatic amines is 1. The van der Waals surface area contributed by atoms with Crippen molar-refractivity contribution in [3.8, 4) is 0 Å². The Morgan fingerprint density at radius 3 is 2.82 bits per heavy atom. The highest BCUT2D eigenvalue weighted by Crippen LogP contribution is 2.13. The van der Waals surface area contributed by atoms with Crippen LogP contribution in [0.1, 0.15) is 18.4 Å². The van der Waals surface area contributed by atoms with E-state index in [1.807, 2.05) is 6.92 Å². The lowest BCUT2D eigenvalue weighted by atomic mass is 10.5. The zero-order chi connectivity index (χ0) is 12.5. The molecule has 0 aliphatic heterocycles. The summed E-state index contributed by atoms with van der Waals surface area (Å²) in [6.45, 7) is 3.58. The van der Waals surface area contributed by atoms with Crippen LogP contribution < -0.4 is 4.72 Å². The Labute approximate surface area is 98.3 Å². The highest BCUT2D eigenvalue weighted by molar-refractivity contribution is 7.92. The number of hydrogen-bond acceptors (Lipinski definition) is 5. The first-order valence-electron chi connectivity index (χ1n) is 5.00. The molecule has 0 spiro atoms. The summed E-state index contributed by atoms with van der Waals surface area (Å²) >= 11 is 0.